The summed E-state index contributed by atoms with van der Waals surface area (Å²) in [6, 6.07) is 22.3. The van der Waals surface area contributed by atoms with Crippen LogP contribution in [0.15, 0.2) is 77.2 Å². The average Bonchev–Trinajstić information content (AvgIpc) is 3.16. The first-order valence-corrected chi connectivity index (χ1v) is 9.15. The summed E-state index contributed by atoms with van der Waals surface area (Å²) < 4.78 is 11.2. The quantitative estimate of drug-likeness (QED) is 0.509. The molecule has 0 aliphatic carbocycles. The number of nitrogens with one attached hydrogen (secondary N) is 1. The number of benzene rings is 3. The standard InChI is InChI=1S/C22H17ClN2O3/c23-17-9-11-18(12-10-17)27-14-21(26)24-13-15-5-7-16(8-6-15)22-25-19-3-1-2-4-20(19)28-22/h1-12H,13-14H2,(H,24,26). The lowest BCUT2D eigenvalue weighted by Gasteiger charge is -2.08. The zero-order valence-electron chi connectivity index (χ0n) is 14.9. The topological polar surface area (TPSA) is 64.4 Å². The lowest BCUT2D eigenvalue weighted by molar-refractivity contribution is -0.123. The lowest BCUT2D eigenvalue weighted by Crippen LogP contribution is -2.28. The second kappa shape index (κ2) is 8.15. The first-order chi connectivity index (χ1) is 13.7. The lowest BCUT2D eigenvalue weighted by atomic mass is 10.1. The largest absolute Gasteiger partial charge is 0.484 e. The summed E-state index contributed by atoms with van der Waals surface area (Å²) in [6.07, 6.45) is 0. The maximum Gasteiger partial charge on any atom is 0.258 e. The number of fused-ring (bicyclic) bond motifs is 1. The van der Waals surface area contributed by atoms with Crippen LogP contribution in [0, 0.1) is 0 Å². The van der Waals surface area contributed by atoms with E-state index in [-0.39, 0.29) is 12.5 Å². The zero-order valence-corrected chi connectivity index (χ0v) is 15.6. The Hall–Kier alpha value is -3.31. The molecule has 6 heteroatoms. The molecule has 4 rings (SSSR count). The first-order valence-electron chi connectivity index (χ1n) is 8.77. The van der Waals surface area contributed by atoms with Gasteiger partial charge in [-0.1, -0.05) is 35.9 Å². The van der Waals surface area contributed by atoms with Crippen molar-refractivity contribution in [2.45, 2.75) is 6.54 Å². The van der Waals surface area contributed by atoms with Crippen molar-refractivity contribution in [2.75, 3.05) is 6.61 Å². The zero-order chi connectivity index (χ0) is 19.3. The van der Waals surface area contributed by atoms with E-state index in [0.29, 0.717) is 23.2 Å². The van der Waals surface area contributed by atoms with Crippen LogP contribution in [-0.2, 0) is 11.3 Å². The smallest absolute Gasteiger partial charge is 0.258 e. The number of rotatable bonds is 6. The fourth-order valence-electron chi connectivity index (χ4n) is 2.69. The minimum atomic E-state index is -0.196. The van der Waals surface area contributed by atoms with Gasteiger partial charge in [0.05, 0.1) is 0 Å². The third kappa shape index (κ3) is 4.32. The van der Waals surface area contributed by atoms with Crippen LogP contribution in [-0.4, -0.2) is 17.5 Å². The number of nitrogens with zero attached hydrogens (tertiary/aromatic N) is 1. The minimum Gasteiger partial charge on any atom is -0.484 e. The van der Waals surface area contributed by atoms with Crippen LogP contribution in [0.25, 0.3) is 22.6 Å². The molecule has 3 aromatic carbocycles. The van der Waals surface area contributed by atoms with Gasteiger partial charge in [-0.2, -0.15) is 0 Å². The van der Waals surface area contributed by atoms with Crippen molar-refractivity contribution >= 4 is 28.6 Å². The van der Waals surface area contributed by atoms with Crippen LogP contribution in [0.1, 0.15) is 5.56 Å². The molecule has 0 atom stereocenters. The molecule has 1 amide bonds. The van der Waals surface area contributed by atoms with Crippen LogP contribution in [0.4, 0.5) is 0 Å². The van der Waals surface area contributed by atoms with Crippen molar-refractivity contribution in [1.29, 1.82) is 0 Å². The number of carbonyl (C=O) groups is 1. The molecule has 0 unspecified atom stereocenters. The highest BCUT2D eigenvalue weighted by molar-refractivity contribution is 6.30. The van der Waals surface area contributed by atoms with E-state index in [9.17, 15) is 4.79 Å². The summed E-state index contributed by atoms with van der Waals surface area (Å²) in [4.78, 5) is 16.4. The van der Waals surface area contributed by atoms with Gasteiger partial charge in [-0.3, -0.25) is 4.79 Å². The molecule has 0 aliphatic rings. The number of amides is 1. The number of hydrogen-bond donors (Lipinski definition) is 1. The molecule has 0 spiro atoms. The monoisotopic (exact) mass is 392 g/mol. The highest BCUT2D eigenvalue weighted by Gasteiger charge is 2.08. The van der Waals surface area contributed by atoms with Crippen molar-refractivity contribution in [3.63, 3.8) is 0 Å². The molecule has 0 bridgehead atoms. The van der Waals surface area contributed by atoms with Crippen LogP contribution in [0.5, 0.6) is 5.75 Å². The van der Waals surface area contributed by atoms with Crippen LogP contribution >= 0.6 is 11.6 Å². The van der Waals surface area contributed by atoms with Crippen molar-refractivity contribution in [1.82, 2.24) is 10.3 Å². The fourth-order valence-corrected chi connectivity index (χ4v) is 2.82. The molecule has 4 aromatic rings. The van der Waals surface area contributed by atoms with E-state index in [0.717, 1.165) is 22.2 Å². The predicted octanol–water partition coefficient (Wildman–Crippen LogP) is 4.84. The highest BCUT2D eigenvalue weighted by atomic mass is 35.5. The molecule has 0 saturated carbocycles. The second-order valence-corrected chi connectivity index (χ2v) is 6.64. The summed E-state index contributed by atoms with van der Waals surface area (Å²) in [5, 5.41) is 3.46. The molecule has 1 aromatic heterocycles. The summed E-state index contributed by atoms with van der Waals surface area (Å²) in [5.74, 6) is 0.980. The Labute approximate surface area is 166 Å². The maximum atomic E-state index is 12.0. The number of aromatic nitrogens is 1. The average molecular weight is 393 g/mol. The number of carbonyl (C=O) groups excluding carboxylic acids is 1. The van der Waals surface area contributed by atoms with Gasteiger partial charge in [0.2, 0.25) is 5.89 Å². The Kier molecular flexibility index (Phi) is 5.26. The number of para-hydroxylation sites is 2. The van der Waals surface area contributed by atoms with E-state index in [2.05, 4.69) is 10.3 Å². The Morgan fingerprint density at radius 3 is 2.50 bits per heavy atom. The van der Waals surface area contributed by atoms with Gasteiger partial charge in [0.1, 0.15) is 11.3 Å². The minimum absolute atomic E-state index is 0.0530. The molecule has 0 fully saturated rings. The molecule has 0 aliphatic heterocycles. The molecule has 5 nitrogen and oxygen atoms in total. The summed E-state index contributed by atoms with van der Waals surface area (Å²) in [5.41, 5.74) is 3.45. The number of oxazole rings is 1. The van der Waals surface area contributed by atoms with Gasteiger partial charge in [0.25, 0.3) is 5.91 Å². The molecular formula is C22H17ClN2O3. The summed E-state index contributed by atoms with van der Waals surface area (Å²) >= 11 is 5.82. The van der Waals surface area contributed by atoms with E-state index in [1.807, 2.05) is 48.5 Å². The number of halogens is 1. The van der Waals surface area contributed by atoms with Gasteiger partial charge in [-0.05, 0) is 54.1 Å². The van der Waals surface area contributed by atoms with Crippen LogP contribution in [0.3, 0.4) is 0 Å². The molecule has 0 saturated heterocycles. The second-order valence-electron chi connectivity index (χ2n) is 6.20. The molecule has 1 N–H and O–H groups in total. The Bertz CT molecular complexity index is 1060. The summed E-state index contributed by atoms with van der Waals surface area (Å²) in [6.45, 7) is 0.360. The summed E-state index contributed by atoms with van der Waals surface area (Å²) in [7, 11) is 0. The molecule has 1 heterocycles. The van der Waals surface area contributed by atoms with Crippen molar-refractivity contribution in [3.05, 3.63) is 83.4 Å². The Morgan fingerprint density at radius 2 is 1.75 bits per heavy atom. The molecule has 140 valence electrons. The Balaban J connectivity index is 1.31. The molecular weight excluding hydrogens is 376 g/mol. The van der Waals surface area contributed by atoms with Crippen molar-refractivity contribution < 1.29 is 13.9 Å². The number of hydrogen-bond acceptors (Lipinski definition) is 4. The predicted molar refractivity (Wildman–Crippen MR) is 108 cm³/mol. The van der Waals surface area contributed by atoms with Gasteiger partial charge < -0.3 is 14.5 Å². The SMILES string of the molecule is O=C(COc1ccc(Cl)cc1)NCc1ccc(-c2nc3ccccc3o2)cc1. The van der Waals surface area contributed by atoms with E-state index in [1.165, 1.54) is 0 Å². The molecule has 28 heavy (non-hydrogen) atoms. The maximum absolute atomic E-state index is 12.0. The first kappa shape index (κ1) is 18.1. The third-order valence-corrected chi connectivity index (χ3v) is 4.42. The fraction of sp³-hybridized carbons (Fsp3) is 0.0909. The van der Waals surface area contributed by atoms with Crippen molar-refractivity contribution in [3.8, 4) is 17.2 Å². The third-order valence-electron chi connectivity index (χ3n) is 4.17. The van der Waals surface area contributed by atoms with Gasteiger partial charge in [-0.25, -0.2) is 4.98 Å². The van der Waals surface area contributed by atoms with Crippen molar-refractivity contribution in [2.24, 2.45) is 0 Å². The van der Waals surface area contributed by atoms with Crippen LogP contribution in [0.2, 0.25) is 5.02 Å². The van der Waals surface area contributed by atoms with E-state index in [4.69, 9.17) is 20.8 Å². The molecule has 0 radical (unpaired) electrons. The van der Waals surface area contributed by atoms with E-state index < -0.39 is 0 Å². The van der Waals surface area contributed by atoms with Gasteiger partial charge >= 0.3 is 0 Å². The van der Waals surface area contributed by atoms with E-state index >= 15 is 0 Å². The Morgan fingerprint density at radius 1 is 1.00 bits per heavy atom. The van der Waals surface area contributed by atoms with Gasteiger partial charge in [-0.15, -0.1) is 0 Å². The normalized spacial score (nSPS) is 10.8. The highest BCUT2D eigenvalue weighted by Crippen LogP contribution is 2.24. The van der Waals surface area contributed by atoms with Crippen LogP contribution < -0.4 is 10.1 Å². The van der Waals surface area contributed by atoms with E-state index in [1.54, 1.807) is 24.3 Å². The van der Waals surface area contributed by atoms with Gasteiger partial charge in [0.15, 0.2) is 12.2 Å². The number of ether oxygens (including phenoxy) is 1. The van der Waals surface area contributed by atoms with Gasteiger partial charge in [0, 0.05) is 17.1 Å².